The van der Waals surface area contributed by atoms with E-state index in [1.54, 1.807) is 26.0 Å². The van der Waals surface area contributed by atoms with E-state index in [9.17, 15) is 24.9 Å². The Hall–Kier alpha value is -1.82. The molecule has 0 amide bonds. The van der Waals surface area contributed by atoms with Gasteiger partial charge in [-0.05, 0) is 52.7 Å². The number of ketones is 1. The van der Waals surface area contributed by atoms with Crippen LogP contribution in [0.2, 0.25) is 0 Å². The van der Waals surface area contributed by atoms with Crippen molar-refractivity contribution in [3.63, 3.8) is 0 Å². The summed E-state index contributed by atoms with van der Waals surface area (Å²) < 4.78 is 52.3. The number of epoxide rings is 1. The minimum absolute atomic E-state index is 0.0273. The number of ether oxygens (including phenoxy) is 9. The third-order valence-electron chi connectivity index (χ3n) is 9.85. The lowest BCUT2D eigenvalue weighted by Crippen LogP contribution is -2.59. The minimum Gasteiger partial charge on any atom is -0.459 e. The maximum Gasteiger partial charge on any atom is 0.330 e. The Morgan fingerprint density at radius 3 is 2.23 bits per heavy atom. The fourth-order valence-corrected chi connectivity index (χ4v) is 6.53. The van der Waals surface area contributed by atoms with Crippen molar-refractivity contribution in [2.45, 2.75) is 139 Å². The second-order valence-corrected chi connectivity index (χ2v) is 13.5. The Morgan fingerprint density at radius 1 is 0.854 bits per heavy atom. The number of carbonyl (C=O) groups is 2. The summed E-state index contributed by atoms with van der Waals surface area (Å²) in [6.07, 6.45) is -2.35. The van der Waals surface area contributed by atoms with Crippen molar-refractivity contribution in [3.8, 4) is 0 Å². The molecule has 0 radical (unpaired) electrons. The van der Waals surface area contributed by atoms with Crippen molar-refractivity contribution >= 4 is 11.8 Å². The van der Waals surface area contributed by atoms with Gasteiger partial charge >= 0.3 is 5.97 Å². The monoisotopic (exact) mass is 686 g/mol. The van der Waals surface area contributed by atoms with E-state index in [0.29, 0.717) is 6.42 Å². The van der Waals surface area contributed by atoms with Gasteiger partial charge in [0.05, 0.1) is 37.1 Å². The molecule has 4 rings (SSSR count). The van der Waals surface area contributed by atoms with E-state index in [1.165, 1.54) is 40.4 Å². The maximum atomic E-state index is 13.2. The number of carbonyl (C=O) groups excluding carboxylic acids is 2. The van der Waals surface area contributed by atoms with Gasteiger partial charge in [0.1, 0.15) is 42.2 Å². The number of hydrogen-bond donors (Lipinski definition) is 3. The van der Waals surface area contributed by atoms with Gasteiger partial charge in [0, 0.05) is 45.7 Å². The second-order valence-electron chi connectivity index (χ2n) is 13.5. The first-order chi connectivity index (χ1) is 22.7. The summed E-state index contributed by atoms with van der Waals surface area (Å²) in [5.74, 6) is -2.00. The molecule has 3 saturated heterocycles. The summed E-state index contributed by atoms with van der Waals surface area (Å²) >= 11 is 0. The molecular weight excluding hydrogens is 632 g/mol. The van der Waals surface area contributed by atoms with Crippen molar-refractivity contribution in [1.82, 2.24) is 0 Å². The Balaban J connectivity index is 1.53. The quantitative estimate of drug-likeness (QED) is 0.245. The molecule has 0 aliphatic carbocycles. The Bertz CT molecular complexity index is 1130. The van der Waals surface area contributed by atoms with Crippen molar-refractivity contribution in [1.29, 1.82) is 0 Å². The van der Waals surface area contributed by atoms with Crippen molar-refractivity contribution < 1.29 is 67.5 Å². The first-order valence-corrected chi connectivity index (χ1v) is 16.7. The predicted octanol–water partition coefficient (Wildman–Crippen LogP) is 1.21. The molecule has 0 spiro atoms. The molecule has 16 atom stereocenters. The molecule has 0 aromatic carbocycles. The molecule has 3 N–H and O–H groups in total. The van der Waals surface area contributed by atoms with Crippen LogP contribution in [0.5, 0.6) is 0 Å². The molecule has 3 fully saturated rings. The highest BCUT2D eigenvalue weighted by Crippen LogP contribution is 2.36. The SMILES string of the molecule is CO[C@@H]1[C@H](O)[C@@H](C)O[C@@H](OCC2C(C)OC(=O)/C=C/C(C)C(O[C@@H]3O[C@H](C)C[C@H](OC)[C@H]3O)CCC(C)(O)C(=O)/C=C/C3OC32)[C@@H]1OC. The Kier molecular flexibility index (Phi) is 13.7. The third kappa shape index (κ3) is 9.49. The summed E-state index contributed by atoms with van der Waals surface area (Å²) in [7, 11) is 4.45. The molecule has 0 aromatic rings. The van der Waals surface area contributed by atoms with E-state index < -0.39 is 103 Å². The molecular formula is C34H54O14. The zero-order chi connectivity index (χ0) is 35.3. The lowest BCUT2D eigenvalue weighted by Gasteiger charge is -2.42. The lowest BCUT2D eigenvalue weighted by molar-refractivity contribution is -0.305. The number of methoxy groups -OCH3 is 3. The van der Waals surface area contributed by atoms with Gasteiger partial charge in [0.15, 0.2) is 18.4 Å². The Labute approximate surface area is 282 Å². The number of fused-ring (bicyclic) bond motifs is 1. The zero-order valence-corrected chi connectivity index (χ0v) is 29.1. The molecule has 4 heterocycles. The van der Waals surface area contributed by atoms with Crippen molar-refractivity contribution in [3.05, 3.63) is 24.3 Å². The number of esters is 1. The fraction of sp³-hybridized carbons (Fsp3) is 0.824. The van der Waals surface area contributed by atoms with Crippen molar-refractivity contribution in [2.24, 2.45) is 11.8 Å². The summed E-state index contributed by atoms with van der Waals surface area (Å²) in [6, 6.07) is 0. The second kappa shape index (κ2) is 16.9. The van der Waals surface area contributed by atoms with Gasteiger partial charge in [0.2, 0.25) is 0 Å². The molecule has 14 heteroatoms. The topological polar surface area (TPSA) is 181 Å². The van der Waals surface area contributed by atoms with E-state index in [4.69, 9.17) is 42.6 Å². The van der Waals surface area contributed by atoms with E-state index >= 15 is 0 Å². The zero-order valence-electron chi connectivity index (χ0n) is 29.1. The molecule has 48 heavy (non-hydrogen) atoms. The van der Waals surface area contributed by atoms with Crippen LogP contribution >= 0.6 is 0 Å². The molecule has 274 valence electrons. The van der Waals surface area contributed by atoms with Crippen LogP contribution in [-0.2, 0) is 52.2 Å². The molecule has 0 saturated carbocycles. The maximum absolute atomic E-state index is 13.2. The van der Waals surface area contributed by atoms with Gasteiger partial charge in [-0.1, -0.05) is 13.0 Å². The van der Waals surface area contributed by atoms with Crippen LogP contribution in [0.15, 0.2) is 24.3 Å². The number of aliphatic hydroxyl groups is 3. The van der Waals surface area contributed by atoms with E-state index in [1.807, 2.05) is 13.8 Å². The number of cyclic esters (lactones) is 1. The van der Waals surface area contributed by atoms with Gasteiger partial charge in [0.25, 0.3) is 0 Å². The average Bonchev–Trinajstić information content (AvgIpc) is 3.81. The molecule has 7 unspecified atom stereocenters. The molecule has 4 aliphatic heterocycles. The van der Waals surface area contributed by atoms with Gasteiger partial charge in [-0.15, -0.1) is 0 Å². The standard InChI is InChI=1S/C34H54O14/c1-17-9-12-26(36)45-19(3)21(16-43-33-31(42-8)30(41-7)27(37)20(4)46-33)29-23(47-29)10-11-25(35)34(5,39)14-13-22(17)48-32-28(38)24(40-6)15-18(2)44-32/h9-12,17-24,27-33,37-39H,13-16H2,1-8H3/b11-10+,12-9+/t17?,18-,19?,20-,21?,22?,23?,24+,27-,28-,29?,30-,31-,32+,33-,34?/m1/s1. The summed E-state index contributed by atoms with van der Waals surface area (Å²) in [5.41, 5.74) is -1.72. The predicted molar refractivity (Wildman–Crippen MR) is 169 cm³/mol. The number of aliphatic hydroxyl groups excluding tert-OH is 2. The van der Waals surface area contributed by atoms with Crippen LogP contribution in [-0.4, -0.2) is 140 Å². The Morgan fingerprint density at radius 2 is 1.56 bits per heavy atom. The van der Waals surface area contributed by atoms with Gasteiger partial charge < -0.3 is 58.0 Å². The largest absolute Gasteiger partial charge is 0.459 e. The van der Waals surface area contributed by atoms with Crippen LogP contribution in [0.25, 0.3) is 0 Å². The average molecular weight is 687 g/mol. The highest BCUT2D eigenvalue weighted by atomic mass is 16.7. The smallest absolute Gasteiger partial charge is 0.330 e. The van der Waals surface area contributed by atoms with E-state index in [2.05, 4.69) is 0 Å². The highest BCUT2D eigenvalue weighted by Gasteiger charge is 2.49. The molecule has 0 bridgehead atoms. The molecule has 4 aliphatic rings. The lowest BCUT2D eigenvalue weighted by atomic mass is 9.89. The van der Waals surface area contributed by atoms with Crippen molar-refractivity contribution in [2.75, 3.05) is 27.9 Å². The van der Waals surface area contributed by atoms with E-state index in [-0.39, 0.29) is 25.6 Å². The first kappa shape index (κ1) is 39.0. The number of hydrogen-bond acceptors (Lipinski definition) is 14. The molecule has 0 aromatic heterocycles. The van der Waals surface area contributed by atoms with Crippen LogP contribution in [0.3, 0.4) is 0 Å². The minimum atomic E-state index is -1.72. The van der Waals surface area contributed by atoms with Gasteiger partial charge in [-0.2, -0.15) is 0 Å². The van der Waals surface area contributed by atoms with E-state index in [0.717, 1.165) is 0 Å². The summed E-state index contributed by atoms with van der Waals surface area (Å²) in [4.78, 5) is 26.3. The highest BCUT2D eigenvalue weighted by molar-refractivity contribution is 5.96. The normalized spacial score (nSPS) is 47.5. The van der Waals surface area contributed by atoms with Gasteiger partial charge in [-0.3, -0.25) is 4.79 Å². The number of rotatable bonds is 8. The molecule has 14 nitrogen and oxygen atoms in total. The van der Waals surface area contributed by atoms with Crippen LogP contribution in [0, 0.1) is 11.8 Å². The van der Waals surface area contributed by atoms with Crippen LogP contribution in [0.1, 0.15) is 53.9 Å². The van der Waals surface area contributed by atoms with Crippen LogP contribution < -0.4 is 0 Å². The summed E-state index contributed by atoms with van der Waals surface area (Å²) in [5, 5.41) is 32.5. The van der Waals surface area contributed by atoms with Crippen LogP contribution in [0.4, 0.5) is 0 Å². The van der Waals surface area contributed by atoms with Gasteiger partial charge in [-0.25, -0.2) is 4.79 Å². The third-order valence-corrected chi connectivity index (χ3v) is 9.85. The summed E-state index contributed by atoms with van der Waals surface area (Å²) in [6.45, 7) is 8.58. The fourth-order valence-electron chi connectivity index (χ4n) is 6.53. The first-order valence-electron chi connectivity index (χ1n) is 16.7.